The topological polar surface area (TPSA) is 62.7 Å². The average molecular weight is 395 g/mol. The van der Waals surface area contributed by atoms with Crippen LogP contribution in [0.25, 0.3) is 10.2 Å². The van der Waals surface area contributed by atoms with Crippen LogP contribution in [0.1, 0.15) is 25.7 Å². The molecule has 0 spiro atoms. The molecule has 3 aromatic rings. The van der Waals surface area contributed by atoms with E-state index in [0.29, 0.717) is 24.2 Å². The predicted molar refractivity (Wildman–Crippen MR) is 109 cm³/mol. The number of ether oxygens (including phenoxy) is 1. The Kier molecular flexibility index (Phi) is 5.36. The molecule has 0 N–H and O–H groups in total. The Bertz CT molecular complexity index is 959. The molecule has 1 fully saturated rings. The number of para-hydroxylation sites is 1. The van der Waals surface area contributed by atoms with Gasteiger partial charge in [0.05, 0.1) is 29.4 Å². The SMILES string of the molecule is COC(=O)c1ccc(C(=O)N2CCN(Cc3nc4ccccc4s3)CC2)cc1. The number of amides is 1. The first-order chi connectivity index (χ1) is 13.6. The zero-order valence-electron chi connectivity index (χ0n) is 15.6. The fourth-order valence-corrected chi connectivity index (χ4v) is 4.35. The molecule has 0 radical (unpaired) electrons. The van der Waals surface area contributed by atoms with Gasteiger partial charge in [-0.25, -0.2) is 9.78 Å². The second-order valence-electron chi connectivity index (χ2n) is 6.71. The summed E-state index contributed by atoms with van der Waals surface area (Å²) in [4.78, 5) is 33.1. The third-order valence-corrected chi connectivity index (χ3v) is 5.93. The summed E-state index contributed by atoms with van der Waals surface area (Å²) < 4.78 is 5.90. The van der Waals surface area contributed by atoms with Crippen molar-refractivity contribution in [1.82, 2.24) is 14.8 Å². The third kappa shape index (κ3) is 3.90. The van der Waals surface area contributed by atoms with Crippen LogP contribution in [0.15, 0.2) is 48.5 Å². The van der Waals surface area contributed by atoms with E-state index in [1.165, 1.54) is 11.8 Å². The van der Waals surface area contributed by atoms with Gasteiger partial charge in [-0.2, -0.15) is 0 Å². The molecule has 28 heavy (non-hydrogen) atoms. The Morgan fingerprint density at radius 2 is 1.68 bits per heavy atom. The Balaban J connectivity index is 1.34. The number of rotatable bonds is 4. The van der Waals surface area contributed by atoms with Crippen molar-refractivity contribution in [3.8, 4) is 0 Å². The lowest BCUT2D eigenvalue weighted by Crippen LogP contribution is -2.48. The van der Waals surface area contributed by atoms with Gasteiger partial charge in [0.15, 0.2) is 0 Å². The Hall–Kier alpha value is -2.77. The lowest BCUT2D eigenvalue weighted by atomic mass is 10.1. The van der Waals surface area contributed by atoms with E-state index in [9.17, 15) is 9.59 Å². The molecule has 2 aromatic carbocycles. The van der Waals surface area contributed by atoms with Gasteiger partial charge in [0, 0.05) is 31.7 Å². The molecule has 1 saturated heterocycles. The van der Waals surface area contributed by atoms with E-state index in [0.717, 1.165) is 30.2 Å². The highest BCUT2D eigenvalue weighted by Crippen LogP contribution is 2.23. The van der Waals surface area contributed by atoms with Crippen LogP contribution in [0.5, 0.6) is 0 Å². The number of carbonyl (C=O) groups excluding carboxylic acids is 2. The number of hydrogen-bond acceptors (Lipinski definition) is 6. The van der Waals surface area contributed by atoms with Crippen LogP contribution in [0, 0.1) is 0 Å². The van der Waals surface area contributed by atoms with Crippen LogP contribution in [0.2, 0.25) is 0 Å². The molecule has 1 amide bonds. The number of thiazole rings is 1. The summed E-state index contributed by atoms with van der Waals surface area (Å²) in [6, 6.07) is 14.8. The molecule has 2 heterocycles. The van der Waals surface area contributed by atoms with E-state index < -0.39 is 5.97 Å². The number of aromatic nitrogens is 1. The van der Waals surface area contributed by atoms with E-state index in [1.807, 2.05) is 23.1 Å². The van der Waals surface area contributed by atoms with E-state index in [2.05, 4.69) is 15.7 Å². The van der Waals surface area contributed by atoms with Crippen molar-refractivity contribution in [3.05, 3.63) is 64.7 Å². The van der Waals surface area contributed by atoms with Gasteiger partial charge in [-0.05, 0) is 36.4 Å². The van der Waals surface area contributed by atoms with Crippen molar-refractivity contribution in [2.45, 2.75) is 6.54 Å². The summed E-state index contributed by atoms with van der Waals surface area (Å²) in [6.45, 7) is 3.82. The number of fused-ring (bicyclic) bond motifs is 1. The number of esters is 1. The van der Waals surface area contributed by atoms with Gasteiger partial charge in [0.2, 0.25) is 0 Å². The van der Waals surface area contributed by atoms with E-state index >= 15 is 0 Å². The van der Waals surface area contributed by atoms with E-state index in [4.69, 9.17) is 4.98 Å². The minimum Gasteiger partial charge on any atom is -0.465 e. The molecule has 0 bridgehead atoms. The standard InChI is InChI=1S/C21H21N3O3S/c1-27-21(26)16-8-6-15(7-9-16)20(25)24-12-10-23(11-13-24)14-19-22-17-4-2-3-5-18(17)28-19/h2-9H,10-14H2,1H3. The maximum absolute atomic E-state index is 12.7. The number of benzene rings is 2. The van der Waals surface area contributed by atoms with E-state index in [1.54, 1.807) is 35.6 Å². The summed E-state index contributed by atoms with van der Waals surface area (Å²) in [6.07, 6.45) is 0. The van der Waals surface area contributed by atoms with Gasteiger partial charge >= 0.3 is 5.97 Å². The van der Waals surface area contributed by atoms with Gasteiger partial charge < -0.3 is 9.64 Å². The lowest BCUT2D eigenvalue weighted by molar-refractivity contribution is 0.0596. The summed E-state index contributed by atoms with van der Waals surface area (Å²) in [5.41, 5.74) is 2.08. The summed E-state index contributed by atoms with van der Waals surface area (Å²) in [7, 11) is 1.34. The van der Waals surface area contributed by atoms with Crippen LogP contribution in [0.4, 0.5) is 0 Å². The number of piperazine rings is 1. The first kappa shape index (κ1) is 18.6. The van der Waals surface area contributed by atoms with Gasteiger partial charge in [-0.3, -0.25) is 9.69 Å². The smallest absolute Gasteiger partial charge is 0.337 e. The second-order valence-corrected chi connectivity index (χ2v) is 7.83. The number of nitrogens with zero attached hydrogens (tertiary/aromatic N) is 3. The predicted octanol–water partition coefficient (Wildman–Crippen LogP) is 3.04. The molecule has 1 aromatic heterocycles. The normalized spacial score (nSPS) is 15.0. The van der Waals surface area contributed by atoms with Crippen LogP contribution in [-0.4, -0.2) is 59.9 Å². The van der Waals surface area contributed by atoms with Crippen LogP contribution < -0.4 is 0 Å². The van der Waals surface area contributed by atoms with Crippen LogP contribution >= 0.6 is 11.3 Å². The molecule has 0 aliphatic carbocycles. The molecular weight excluding hydrogens is 374 g/mol. The second kappa shape index (κ2) is 8.08. The Morgan fingerprint density at radius 1 is 1.00 bits per heavy atom. The fraction of sp³-hybridized carbons (Fsp3) is 0.286. The highest BCUT2D eigenvalue weighted by Gasteiger charge is 2.23. The highest BCUT2D eigenvalue weighted by atomic mass is 32.1. The summed E-state index contributed by atoms with van der Waals surface area (Å²) in [5, 5.41) is 1.11. The maximum Gasteiger partial charge on any atom is 0.337 e. The molecule has 7 heteroatoms. The average Bonchev–Trinajstić information content (AvgIpc) is 3.15. The zero-order valence-corrected chi connectivity index (χ0v) is 16.4. The minimum atomic E-state index is -0.400. The van der Waals surface area contributed by atoms with Crippen LogP contribution in [-0.2, 0) is 11.3 Å². The first-order valence-corrected chi connectivity index (χ1v) is 10.00. The monoisotopic (exact) mass is 395 g/mol. The molecule has 6 nitrogen and oxygen atoms in total. The largest absolute Gasteiger partial charge is 0.465 e. The Morgan fingerprint density at radius 3 is 2.36 bits per heavy atom. The molecule has 0 unspecified atom stereocenters. The molecule has 4 rings (SSSR count). The fourth-order valence-electron chi connectivity index (χ4n) is 3.34. The van der Waals surface area contributed by atoms with Gasteiger partial charge in [-0.15, -0.1) is 11.3 Å². The molecule has 144 valence electrons. The molecule has 0 atom stereocenters. The third-order valence-electron chi connectivity index (χ3n) is 4.91. The van der Waals surface area contributed by atoms with Crippen molar-refractivity contribution in [1.29, 1.82) is 0 Å². The summed E-state index contributed by atoms with van der Waals surface area (Å²) in [5.74, 6) is -0.404. The van der Waals surface area contributed by atoms with Gasteiger partial charge in [0.25, 0.3) is 5.91 Å². The quantitative estimate of drug-likeness (QED) is 0.636. The molecule has 1 aliphatic rings. The van der Waals surface area contributed by atoms with Crippen molar-refractivity contribution in [2.24, 2.45) is 0 Å². The summed E-state index contributed by atoms with van der Waals surface area (Å²) >= 11 is 1.73. The van der Waals surface area contributed by atoms with Gasteiger partial charge in [-0.1, -0.05) is 12.1 Å². The Labute approximate surface area is 167 Å². The van der Waals surface area contributed by atoms with Crippen molar-refractivity contribution in [2.75, 3.05) is 33.3 Å². The number of carbonyl (C=O) groups is 2. The molecule has 0 saturated carbocycles. The number of methoxy groups -OCH3 is 1. The first-order valence-electron chi connectivity index (χ1n) is 9.18. The van der Waals surface area contributed by atoms with Gasteiger partial charge in [0.1, 0.15) is 5.01 Å². The van der Waals surface area contributed by atoms with E-state index in [-0.39, 0.29) is 5.91 Å². The van der Waals surface area contributed by atoms with Crippen molar-refractivity contribution >= 4 is 33.4 Å². The molecule has 1 aliphatic heterocycles. The number of hydrogen-bond donors (Lipinski definition) is 0. The van der Waals surface area contributed by atoms with Crippen molar-refractivity contribution in [3.63, 3.8) is 0 Å². The van der Waals surface area contributed by atoms with Crippen molar-refractivity contribution < 1.29 is 14.3 Å². The lowest BCUT2D eigenvalue weighted by Gasteiger charge is -2.34. The van der Waals surface area contributed by atoms with Crippen LogP contribution in [0.3, 0.4) is 0 Å². The zero-order chi connectivity index (χ0) is 19.5. The molecular formula is C21H21N3O3S. The maximum atomic E-state index is 12.7. The minimum absolute atomic E-state index is 0.00365. The highest BCUT2D eigenvalue weighted by molar-refractivity contribution is 7.18.